The minimum atomic E-state index is 0.0946. The summed E-state index contributed by atoms with van der Waals surface area (Å²) in [5.74, 6) is 0.500. The van der Waals surface area contributed by atoms with Crippen molar-refractivity contribution < 1.29 is 0 Å². The summed E-state index contributed by atoms with van der Waals surface area (Å²) >= 11 is 15.3. The van der Waals surface area contributed by atoms with Crippen LogP contribution in [0.4, 0.5) is 0 Å². The average Bonchev–Trinajstić information content (AvgIpc) is 2.07. The molecule has 0 aromatic heterocycles. The summed E-state index contributed by atoms with van der Waals surface area (Å²) < 4.78 is 0.929. The molecule has 1 aromatic rings. The van der Waals surface area contributed by atoms with Crippen molar-refractivity contribution in [2.75, 3.05) is 0 Å². The highest BCUT2D eigenvalue weighted by Crippen LogP contribution is 2.33. The third kappa shape index (κ3) is 2.65. The minimum absolute atomic E-state index is 0.0946. The molecular formula is C11H13BrCl2. The number of hydrogen-bond donors (Lipinski definition) is 0. The Morgan fingerprint density at radius 1 is 1.29 bits per heavy atom. The Morgan fingerprint density at radius 2 is 1.86 bits per heavy atom. The molecule has 0 spiro atoms. The third-order valence-corrected chi connectivity index (χ3v) is 3.58. The highest BCUT2D eigenvalue weighted by atomic mass is 79.9. The van der Waals surface area contributed by atoms with Crippen molar-refractivity contribution >= 4 is 39.1 Å². The highest BCUT2D eigenvalue weighted by Gasteiger charge is 2.18. The summed E-state index contributed by atoms with van der Waals surface area (Å²) in [6.45, 7) is 6.50. The second-order valence-corrected chi connectivity index (χ2v) is 5.84. The van der Waals surface area contributed by atoms with E-state index in [0.717, 1.165) is 10.0 Å². The molecule has 0 amide bonds. The van der Waals surface area contributed by atoms with E-state index in [-0.39, 0.29) is 5.41 Å². The summed E-state index contributed by atoms with van der Waals surface area (Å²) in [5, 5.41) is 0.716. The van der Waals surface area contributed by atoms with Gasteiger partial charge in [-0.1, -0.05) is 32.4 Å². The summed E-state index contributed by atoms with van der Waals surface area (Å²) in [7, 11) is 0. The third-order valence-electron chi connectivity index (χ3n) is 2.10. The number of hydrogen-bond acceptors (Lipinski definition) is 0. The molecule has 0 saturated carbocycles. The predicted octanol–water partition coefficient (Wildman–Crippen LogP) is 5.14. The lowest BCUT2D eigenvalue weighted by atomic mass is 9.84. The molecule has 0 unspecified atom stereocenters. The van der Waals surface area contributed by atoms with Crippen LogP contribution in [0.25, 0.3) is 0 Å². The zero-order valence-corrected chi connectivity index (χ0v) is 11.6. The lowest BCUT2D eigenvalue weighted by Gasteiger charge is -2.23. The van der Waals surface area contributed by atoms with Gasteiger partial charge in [0.2, 0.25) is 0 Å². The van der Waals surface area contributed by atoms with Crippen molar-refractivity contribution in [2.45, 2.75) is 32.1 Å². The van der Waals surface area contributed by atoms with Gasteiger partial charge in [-0.05, 0) is 44.6 Å². The first-order valence-electron chi connectivity index (χ1n) is 4.40. The number of rotatable bonds is 1. The zero-order chi connectivity index (χ0) is 10.9. The molecule has 0 aliphatic rings. The Hall–Kier alpha value is 0.280. The van der Waals surface area contributed by atoms with Crippen LogP contribution < -0.4 is 0 Å². The fourth-order valence-electron chi connectivity index (χ4n) is 1.40. The van der Waals surface area contributed by atoms with Gasteiger partial charge in [-0.3, -0.25) is 0 Å². The molecule has 0 N–H and O–H groups in total. The first-order valence-corrected chi connectivity index (χ1v) is 6.11. The van der Waals surface area contributed by atoms with Crippen LogP contribution in [0.15, 0.2) is 16.6 Å². The molecule has 3 heteroatoms. The van der Waals surface area contributed by atoms with Crippen LogP contribution >= 0.6 is 39.1 Å². The molecule has 78 valence electrons. The van der Waals surface area contributed by atoms with E-state index in [1.54, 1.807) is 0 Å². The van der Waals surface area contributed by atoms with Gasteiger partial charge in [0.15, 0.2) is 0 Å². The van der Waals surface area contributed by atoms with Crippen molar-refractivity contribution in [2.24, 2.45) is 0 Å². The van der Waals surface area contributed by atoms with Crippen molar-refractivity contribution in [3.05, 3.63) is 32.8 Å². The van der Waals surface area contributed by atoms with Crippen LogP contribution in [0.3, 0.4) is 0 Å². The zero-order valence-electron chi connectivity index (χ0n) is 8.50. The lowest BCUT2D eigenvalue weighted by molar-refractivity contribution is 0.585. The molecular weight excluding hydrogens is 283 g/mol. The second kappa shape index (κ2) is 4.42. The predicted molar refractivity (Wildman–Crippen MR) is 67.4 cm³/mol. The SMILES string of the molecule is CC(C)(C)c1cc(Br)c(Cl)cc1CCl. The monoisotopic (exact) mass is 294 g/mol. The fourth-order valence-corrected chi connectivity index (χ4v) is 2.15. The van der Waals surface area contributed by atoms with E-state index >= 15 is 0 Å². The van der Waals surface area contributed by atoms with Crippen LogP contribution in [0.1, 0.15) is 31.9 Å². The molecule has 0 aliphatic heterocycles. The molecule has 0 radical (unpaired) electrons. The molecule has 0 saturated heterocycles. The van der Waals surface area contributed by atoms with E-state index in [9.17, 15) is 0 Å². The van der Waals surface area contributed by atoms with Crippen molar-refractivity contribution in [1.29, 1.82) is 0 Å². The Bertz CT molecular complexity index is 340. The van der Waals surface area contributed by atoms with E-state index in [1.807, 2.05) is 6.07 Å². The van der Waals surface area contributed by atoms with Crippen LogP contribution in [-0.2, 0) is 11.3 Å². The lowest BCUT2D eigenvalue weighted by Crippen LogP contribution is -2.13. The Balaban J connectivity index is 3.35. The van der Waals surface area contributed by atoms with Gasteiger partial charge < -0.3 is 0 Å². The quantitative estimate of drug-likeness (QED) is 0.629. The summed E-state index contributed by atoms with van der Waals surface area (Å²) in [6, 6.07) is 3.99. The Labute approximate surface area is 104 Å². The molecule has 0 fully saturated rings. The summed E-state index contributed by atoms with van der Waals surface area (Å²) in [6.07, 6.45) is 0. The summed E-state index contributed by atoms with van der Waals surface area (Å²) in [4.78, 5) is 0. The Morgan fingerprint density at radius 3 is 2.29 bits per heavy atom. The highest BCUT2D eigenvalue weighted by molar-refractivity contribution is 9.10. The van der Waals surface area contributed by atoms with Crippen LogP contribution in [0.2, 0.25) is 5.02 Å². The van der Waals surface area contributed by atoms with Crippen LogP contribution in [0, 0.1) is 0 Å². The number of benzene rings is 1. The number of halogens is 3. The molecule has 0 aliphatic carbocycles. The van der Waals surface area contributed by atoms with Crippen molar-refractivity contribution in [3.8, 4) is 0 Å². The largest absolute Gasteiger partial charge is 0.122 e. The first kappa shape index (κ1) is 12.4. The molecule has 14 heavy (non-hydrogen) atoms. The minimum Gasteiger partial charge on any atom is -0.122 e. The van der Waals surface area contributed by atoms with Gasteiger partial charge in [-0.15, -0.1) is 11.6 Å². The van der Waals surface area contributed by atoms with Gasteiger partial charge in [0.1, 0.15) is 0 Å². The van der Waals surface area contributed by atoms with Crippen molar-refractivity contribution in [1.82, 2.24) is 0 Å². The van der Waals surface area contributed by atoms with E-state index in [2.05, 4.69) is 42.8 Å². The van der Waals surface area contributed by atoms with Crippen LogP contribution in [0.5, 0.6) is 0 Å². The van der Waals surface area contributed by atoms with E-state index < -0.39 is 0 Å². The number of alkyl halides is 1. The van der Waals surface area contributed by atoms with Gasteiger partial charge in [-0.25, -0.2) is 0 Å². The molecule has 0 nitrogen and oxygen atoms in total. The summed E-state index contributed by atoms with van der Waals surface area (Å²) in [5.41, 5.74) is 2.44. The maximum absolute atomic E-state index is 6.01. The first-order chi connectivity index (χ1) is 6.36. The maximum Gasteiger partial charge on any atom is 0.0551 e. The average molecular weight is 296 g/mol. The molecule has 0 atom stereocenters. The fraction of sp³-hybridized carbons (Fsp3) is 0.455. The van der Waals surface area contributed by atoms with Crippen LogP contribution in [-0.4, -0.2) is 0 Å². The maximum atomic E-state index is 6.01. The van der Waals surface area contributed by atoms with E-state index in [0.29, 0.717) is 10.9 Å². The second-order valence-electron chi connectivity index (χ2n) is 4.31. The van der Waals surface area contributed by atoms with Gasteiger partial charge in [0.05, 0.1) is 5.02 Å². The van der Waals surface area contributed by atoms with Gasteiger partial charge in [0.25, 0.3) is 0 Å². The molecule has 1 aromatic carbocycles. The smallest absolute Gasteiger partial charge is 0.0551 e. The Kier molecular flexibility index (Phi) is 3.90. The molecule has 1 rings (SSSR count). The standard InChI is InChI=1S/C11H13BrCl2/c1-11(2,3)8-5-9(12)10(14)4-7(8)6-13/h4-5H,6H2,1-3H3. The van der Waals surface area contributed by atoms with E-state index in [1.165, 1.54) is 5.56 Å². The topological polar surface area (TPSA) is 0 Å². The van der Waals surface area contributed by atoms with E-state index in [4.69, 9.17) is 23.2 Å². The van der Waals surface area contributed by atoms with Crippen molar-refractivity contribution in [3.63, 3.8) is 0 Å². The normalized spacial score (nSPS) is 11.9. The van der Waals surface area contributed by atoms with Gasteiger partial charge >= 0.3 is 0 Å². The molecule has 0 heterocycles. The van der Waals surface area contributed by atoms with Gasteiger partial charge in [-0.2, -0.15) is 0 Å². The molecule has 0 bridgehead atoms. The van der Waals surface area contributed by atoms with Gasteiger partial charge in [0, 0.05) is 10.4 Å².